The van der Waals surface area contributed by atoms with E-state index in [-0.39, 0.29) is 0 Å². The SMILES string of the molecule is CCc1ccc(C(=S)C=Cc2cccc(N(C)C)c2)cc1. The monoisotopic (exact) mass is 295 g/mol. The molecular weight excluding hydrogens is 274 g/mol. The molecule has 2 aromatic rings. The normalized spacial score (nSPS) is 10.8. The zero-order valence-electron chi connectivity index (χ0n) is 12.8. The van der Waals surface area contributed by atoms with Gasteiger partial charge in [0.25, 0.3) is 0 Å². The van der Waals surface area contributed by atoms with Crippen LogP contribution in [0.4, 0.5) is 5.69 Å². The van der Waals surface area contributed by atoms with Gasteiger partial charge in [-0.15, -0.1) is 0 Å². The summed E-state index contributed by atoms with van der Waals surface area (Å²) in [5, 5.41) is 0. The number of benzene rings is 2. The van der Waals surface area contributed by atoms with Crippen molar-refractivity contribution in [2.45, 2.75) is 13.3 Å². The molecule has 21 heavy (non-hydrogen) atoms. The highest BCUT2D eigenvalue weighted by atomic mass is 32.1. The van der Waals surface area contributed by atoms with Crippen molar-refractivity contribution in [3.63, 3.8) is 0 Å². The van der Waals surface area contributed by atoms with Crippen LogP contribution in [0, 0.1) is 0 Å². The number of aryl methyl sites for hydroxylation is 1. The zero-order valence-corrected chi connectivity index (χ0v) is 13.7. The molecule has 0 aliphatic carbocycles. The lowest BCUT2D eigenvalue weighted by atomic mass is 10.1. The quantitative estimate of drug-likeness (QED) is 0.445. The topological polar surface area (TPSA) is 3.24 Å². The Hall–Kier alpha value is -1.93. The van der Waals surface area contributed by atoms with Gasteiger partial charge in [-0.3, -0.25) is 0 Å². The standard InChI is InChI=1S/C19H21NS/c1-4-15-8-11-17(12-9-15)19(21)13-10-16-6-5-7-18(14-16)20(2)3/h5-14H,4H2,1-3H3. The molecule has 0 spiro atoms. The van der Waals surface area contributed by atoms with Crippen LogP contribution in [0.2, 0.25) is 0 Å². The zero-order chi connectivity index (χ0) is 15.2. The molecule has 0 atom stereocenters. The minimum absolute atomic E-state index is 0.868. The molecule has 0 aliphatic heterocycles. The van der Waals surface area contributed by atoms with Gasteiger partial charge in [-0.25, -0.2) is 0 Å². The number of hydrogen-bond acceptors (Lipinski definition) is 2. The molecule has 0 N–H and O–H groups in total. The maximum absolute atomic E-state index is 5.49. The van der Waals surface area contributed by atoms with Gasteiger partial charge in [0, 0.05) is 24.6 Å². The van der Waals surface area contributed by atoms with E-state index in [0.29, 0.717) is 0 Å². The van der Waals surface area contributed by atoms with E-state index in [0.717, 1.165) is 22.4 Å². The molecule has 0 radical (unpaired) electrons. The van der Waals surface area contributed by atoms with Crippen molar-refractivity contribution in [2.75, 3.05) is 19.0 Å². The number of hydrogen-bond donors (Lipinski definition) is 0. The highest BCUT2D eigenvalue weighted by molar-refractivity contribution is 7.81. The molecule has 0 fully saturated rings. The molecule has 0 aromatic heterocycles. The lowest BCUT2D eigenvalue weighted by Gasteiger charge is -2.12. The summed E-state index contributed by atoms with van der Waals surface area (Å²) in [6, 6.07) is 16.9. The van der Waals surface area contributed by atoms with Crippen LogP contribution in [0.25, 0.3) is 6.08 Å². The van der Waals surface area contributed by atoms with Crippen molar-refractivity contribution in [1.29, 1.82) is 0 Å². The summed E-state index contributed by atoms with van der Waals surface area (Å²) in [7, 11) is 4.09. The molecular formula is C19H21NS. The van der Waals surface area contributed by atoms with E-state index in [2.05, 4.69) is 66.4 Å². The molecule has 0 unspecified atom stereocenters. The third-order valence-electron chi connectivity index (χ3n) is 3.46. The van der Waals surface area contributed by atoms with E-state index in [1.165, 1.54) is 11.3 Å². The Morgan fingerprint density at radius 3 is 2.43 bits per heavy atom. The Morgan fingerprint density at radius 2 is 1.81 bits per heavy atom. The summed E-state index contributed by atoms with van der Waals surface area (Å²) in [5.41, 5.74) is 4.79. The predicted octanol–water partition coefficient (Wildman–Crippen LogP) is 4.75. The molecule has 2 aromatic carbocycles. The second-order valence-corrected chi connectivity index (χ2v) is 5.68. The van der Waals surface area contributed by atoms with Crippen LogP contribution < -0.4 is 4.90 Å². The van der Waals surface area contributed by atoms with Crippen molar-refractivity contribution in [2.24, 2.45) is 0 Å². The first kappa shape index (κ1) is 15.5. The summed E-state index contributed by atoms with van der Waals surface area (Å²) in [5.74, 6) is 0. The average Bonchev–Trinajstić information content (AvgIpc) is 2.53. The van der Waals surface area contributed by atoms with Crippen LogP contribution in [0.15, 0.2) is 54.6 Å². The molecule has 0 bridgehead atoms. The van der Waals surface area contributed by atoms with Crippen LogP contribution in [0.5, 0.6) is 0 Å². The minimum Gasteiger partial charge on any atom is -0.378 e. The van der Waals surface area contributed by atoms with E-state index < -0.39 is 0 Å². The molecule has 0 saturated carbocycles. The number of allylic oxidation sites excluding steroid dienone is 1. The second kappa shape index (κ2) is 7.19. The summed E-state index contributed by atoms with van der Waals surface area (Å²) < 4.78 is 0. The Morgan fingerprint density at radius 1 is 1.10 bits per heavy atom. The van der Waals surface area contributed by atoms with Crippen molar-refractivity contribution in [1.82, 2.24) is 0 Å². The molecule has 1 nitrogen and oxygen atoms in total. The maximum Gasteiger partial charge on any atom is 0.0449 e. The number of thiocarbonyl (C=S) groups is 1. The van der Waals surface area contributed by atoms with Crippen molar-refractivity contribution in [3.8, 4) is 0 Å². The Kier molecular flexibility index (Phi) is 5.29. The van der Waals surface area contributed by atoms with E-state index >= 15 is 0 Å². The van der Waals surface area contributed by atoms with Gasteiger partial charge >= 0.3 is 0 Å². The van der Waals surface area contributed by atoms with Crippen LogP contribution in [-0.2, 0) is 6.42 Å². The van der Waals surface area contributed by atoms with Gasteiger partial charge in [-0.05, 0) is 41.3 Å². The lowest BCUT2D eigenvalue weighted by Crippen LogP contribution is -2.08. The second-order valence-electron chi connectivity index (χ2n) is 5.24. The maximum atomic E-state index is 5.49. The Bertz CT molecular complexity index is 639. The van der Waals surface area contributed by atoms with E-state index in [4.69, 9.17) is 12.2 Å². The van der Waals surface area contributed by atoms with Crippen LogP contribution in [0.1, 0.15) is 23.6 Å². The van der Waals surface area contributed by atoms with Gasteiger partial charge < -0.3 is 4.90 Å². The number of rotatable bonds is 5. The lowest BCUT2D eigenvalue weighted by molar-refractivity contribution is 1.13. The van der Waals surface area contributed by atoms with Crippen molar-refractivity contribution >= 4 is 28.8 Å². The first-order valence-electron chi connectivity index (χ1n) is 7.19. The van der Waals surface area contributed by atoms with Crippen molar-refractivity contribution < 1.29 is 0 Å². The van der Waals surface area contributed by atoms with Crippen LogP contribution in [0.3, 0.4) is 0 Å². The predicted molar refractivity (Wildman–Crippen MR) is 97.3 cm³/mol. The number of nitrogens with zero attached hydrogens (tertiary/aromatic N) is 1. The van der Waals surface area contributed by atoms with E-state index in [9.17, 15) is 0 Å². The third kappa shape index (κ3) is 4.27. The highest BCUT2D eigenvalue weighted by Gasteiger charge is 1.99. The van der Waals surface area contributed by atoms with Gasteiger partial charge in [0.15, 0.2) is 0 Å². The van der Waals surface area contributed by atoms with Gasteiger partial charge in [-0.2, -0.15) is 0 Å². The average molecular weight is 295 g/mol. The molecule has 108 valence electrons. The fourth-order valence-electron chi connectivity index (χ4n) is 2.08. The molecule has 0 aliphatic rings. The summed E-state index contributed by atoms with van der Waals surface area (Å²) in [6.07, 6.45) is 5.13. The van der Waals surface area contributed by atoms with Gasteiger partial charge in [0.05, 0.1) is 0 Å². The first-order valence-corrected chi connectivity index (χ1v) is 7.59. The van der Waals surface area contributed by atoms with Gasteiger partial charge in [-0.1, -0.05) is 61.6 Å². The van der Waals surface area contributed by atoms with Crippen LogP contribution in [-0.4, -0.2) is 19.0 Å². The summed E-state index contributed by atoms with van der Waals surface area (Å²) in [4.78, 5) is 2.96. The van der Waals surface area contributed by atoms with E-state index in [1.54, 1.807) is 0 Å². The van der Waals surface area contributed by atoms with Crippen molar-refractivity contribution in [3.05, 3.63) is 71.3 Å². The molecule has 0 heterocycles. The molecule has 0 amide bonds. The Labute approximate surface area is 132 Å². The molecule has 2 rings (SSSR count). The molecule has 2 heteroatoms. The Balaban J connectivity index is 2.12. The number of anilines is 1. The highest BCUT2D eigenvalue weighted by Crippen LogP contribution is 2.15. The van der Waals surface area contributed by atoms with Gasteiger partial charge in [0.2, 0.25) is 0 Å². The smallest absolute Gasteiger partial charge is 0.0449 e. The van der Waals surface area contributed by atoms with E-state index in [1.807, 2.05) is 20.2 Å². The largest absolute Gasteiger partial charge is 0.378 e. The fourth-order valence-corrected chi connectivity index (χ4v) is 2.28. The first-order chi connectivity index (χ1) is 10.1. The summed E-state index contributed by atoms with van der Waals surface area (Å²) >= 11 is 5.49. The third-order valence-corrected chi connectivity index (χ3v) is 3.83. The fraction of sp³-hybridized carbons (Fsp3) is 0.211. The van der Waals surface area contributed by atoms with Crippen LogP contribution >= 0.6 is 12.2 Å². The summed E-state index contributed by atoms with van der Waals surface area (Å²) in [6.45, 7) is 2.16. The minimum atomic E-state index is 0.868. The molecule has 0 saturated heterocycles. The van der Waals surface area contributed by atoms with Gasteiger partial charge in [0.1, 0.15) is 0 Å².